The number of anilines is 4. The first kappa shape index (κ1) is 22.3. The van der Waals surface area contributed by atoms with E-state index in [4.69, 9.17) is 5.73 Å². The molecule has 2 aromatic carbocycles. The van der Waals surface area contributed by atoms with Crippen molar-refractivity contribution in [1.29, 1.82) is 0 Å². The van der Waals surface area contributed by atoms with Crippen molar-refractivity contribution in [2.24, 2.45) is 0 Å². The molecule has 4 rings (SSSR count). The molecule has 3 aromatic rings. The molecule has 0 unspecified atom stereocenters. The number of aromatic nitrogens is 2. The van der Waals surface area contributed by atoms with Crippen molar-refractivity contribution >= 4 is 23.1 Å². The first-order valence-electron chi connectivity index (χ1n) is 9.93. The van der Waals surface area contributed by atoms with E-state index in [9.17, 15) is 17.6 Å². The Labute approximate surface area is 177 Å². The van der Waals surface area contributed by atoms with Crippen LogP contribution in [0.3, 0.4) is 0 Å². The number of nitrogens with zero attached hydrogens (tertiary/aromatic N) is 2. The molecule has 0 aliphatic heterocycles. The van der Waals surface area contributed by atoms with E-state index < -0.39 is 17.6 Å². The summed E-state index contributed by atoms with van der Waals surface area (Å²) in [4.78, 5) is 8.65. The third kappa shape index (κ3) is 5.62. The molecule has 0 amide bonds. The number of hydrogen-bond donors (Lipinski definition) is 3. The van der Waals surface area contributed by atoms with Gasteiger partial charge >= 0.3 is 6.18 Å². The van der Waals surface area contributed by atoms with E-state index >= 15 is 0 Å². The normalized spacial score (nSPS) is 13.2. The second kappa shape index (κ2) is 9.20. The minimum absolute atomic E-state index is 0.106. The molecule has 0 radical (unpaired) electrons. The van der Waals surface area contributed by atoms with Gasteiger partial charge in [-0.25, -0.2) is 9.37 Å². The summed E-state index contributed by atoms with van der Waals surface area (Å²) in [6, 6.07) is 8.99. The molecule has 1 aromatic heterocycles. The second-order valence-electron chi connectivity index (χ2n) is 6.81. The van der Waals surface area contributed by atoms with Gasteiger partial charge in [-0.3, -0.25) is 0 Å². The van der Waals surface area contributed by atoms with E-state index in [0.29, 0.717) is 28.8 Å². The summed E-state index contributed by atoms with van der Waals surface area (Å²) in [6.07, 6.45) is -0.918. The molecule has 164 valence electrons. The molecule has 1 heterocycles. The van der Waals surface area contributed by atoms with Crippen molar-refractivity contribution in [3.63, 3.8) is 0 Å². The molecule has 0 bridgehead atoms. The van der Waals surface area contributed by atoms with Crippen LogP contribution in [-0.2, 0) is 6.18 Å². The highest BCUT2D eigenvalue weighted by Gasteiger charge is 2.30. The van der Waals surface area contributed by atoms with Crippen LogP contribution in [-0.4, -0.2) is 16.0 Å². The fourth-order valence-corrected chi connectivity index (χ4v) is 2.77. The number of halogens is 4. The highest BCUT2D eigenvalue weighted by Crippen LogP contribution is 2.34. The van der Waals surface area contributed by atoms with Crippen molar-refractivity contribution in [2.75, 3.05) is 16.4 Å². The predicted octanol–water partition coefficient (Wildman–Crippen LogP) is 6.23. The van der Waals surface area contributed by atoms with E-state index in [1.165, 1.54) is 36.5 Å². The summed E-state index contributed by atoms with van der Waals surface area (Å²) in [7, 11) is 0. The Morgan fingerprint density at radius 2 is 1.71 bits per heavy atom. The molecular weight excluding hydrogens is 410 g/mol. The largest absolute Gasteiger partial charge is 0.416 e. The van der Waals surface area contributed by atoms with Gasteiger partial charge in [-0.1, -0.05) is 26.0 Å². The van der Waals surface area contributed by atoms with Crippen LogP contribution in [0, 0.1) is 5.82 Å². The lowest BCUT2D eigenvalue weighted by atomic mass is 10.1. The van der Waals surface area contributed by atoms with Gasteiger partial charge in [0, 0.05) is 23.5 Å². The Morgan fingerprint density at radius 1 is 1.03 bits per heavy atom. The zero-order chi connectivity index (χ0) is 22.6. The van der Waals surface area contributed by atoms with Crippen molar-refractivity contribution < 1.29 is 17.6 Å². The third-order valence-electron chi connectivity index (χ3n) is 4.47. The number of alkyl halides is 3. The van der Waals surface area contributed by atoms with Gasteiger partial charge in [-0.2, -0.15) is 18.2 Å². The van der Waals surface area contributed by atoms with E-state index in [1.54, 1.807) is 0 Å². The quantitative estimate of drug-likeness (QED) is 0.329. The summed E-state index contributed by atoms with van der Waals surface area (Å²) >= 11 is 0. The van der Waals surface area contributed by atoms with Gasteiger partial charge in [0.05, 0.1) is 11.3 Å². The third-order valence-corrected chi connectivity index (χ3v) is 4.47. The van der Waals surface area contributed by atoms with Gasteiger partial charge in [0.25, 0.3) is 0 Å². The van der Waals surface area contributed by atoms with E-state index in [1.807, 2.05) is 13.8 Å². The molecule has 1 aliphatic carbocycles. The molecule has 0 spiro atoms. The standard InChI is InChI=1S/C20H17F4N5.C2H6/c21-16-8-5-13(25)9-17(16)28-18-15(10-26-19(29-18)27-14-6-7-14)11-1-3-12(4-2-11)20(22,23)24;1-2/h1-5,8-10,14H,6-7,25H2,(H2,26,27,28,29);1-2H3. The maximum absolute atomic E-state index is 14.2. The van der Waals surface area contributed by atoms with E-state index in [-0.39, 0.29) is 11.5 Å². The zero-order valence-corrected chi connectivity index (χ0v) is 17.1. The summed E-state index contributed by atoms with van der Waals surface area (Å²) in [5, 5.41) is 6.04. The fraction of sp³-hybridized carbons (Fsp3) is 0.273. The van der Waals surface area contributed by atoms with Crippen LogP contribution in [0.5, 0.6) is 0 Å². The Hall–Kier alpha value is -3.36. The van der Waals surface area contributed by atoms with Crippen LogP contribution < -0.4 is 16.4 Å². The molecule has 31 heavy (non-hydrogen) atoms. The lowest BCUT2D eigenvalue weighted by molar-refractivity contribution is -0.137. The Morgan fingerprint density at radius 3 is 2.32 bits per heavy atom. The smallest absolute Gasteiger partial charge is 0.399 e. The molecule has 4 N–H and O–H groups in total. The molecule has 9 heteroatoms. The van der Waals surface area contributed by atoms with Crippen LogP contribution in [0.1, 0.15) is 32.3 Å². The maximum Gasteiger partial charge on any atom is 0.416 e. The van der Waals surface area contributed by atoms with E-state index in [0.717, 1.165) is 25.0 Å². The minimum Gasteiger partial charge on any atom is -0.399 e. The van der Waals surface area contributed by atoms with Gasteiger partial charge in [-0.15, -0.1) is 0 Å². The molecule has 5 nitrogen and oxygen atoms in total. The number of nitrogen functional groups attached to an aromatic ring is 1. The number of nitrogens with one attached hydrogen (secondary N) is 2. The number of rotatable bonds is 5. The first-order chi connectivity index (χ1) is 14.8. The number of nitrogens with two attached hydrogens (primary N) is 1. The Bertz CT molecular complexity index is 1030. The highest BCUT2D eigenvalue weighted by atomic mass is 19.4. The molecule has 0 saturated heterocycles. The number of hydrogen-bond acceptors (Lipinski definition) is 5. The Balaban J connectivity index is 0.00000132. The summed E-state index contributed by atoms with van der Waals surface area (Å²) in [5.41, 5.74) is 6.33. The fourth-order valence-electron chi connectivity index (χ4n) is 2.77. The molecule has 1 saturated carbocycles. The second-order valence-corrected chi connectivity index (χ2v) is 6.81. The lowest BCUT2D eigenvalue weighted by Gasteiger charge is -2.14. The highest BCUT2D eigenvalue weighted by molar-refractivity contribution is 5.79. The van der Waals surface area contributed by atoms with Crippen LogP contribution in [0.4, 0.5) is 40.7 Å². The van der Waals surface area contributed by atoms with Crippen molar-refractivity contribution in [2.45, 2.75) is 38.9 Å². The summed E-state index contributed by atoms with van der Waals surface area (Å²) < 4.78 is 52.7. The molecule has 0 atom stereocenters. The SMILES string of the molecule is CC.Nc1ccc(F)c(Nc2nc(NC3CC3)ncc2-c2ccc(C(F)(F)F)cc2)c1. The van der Waals surface area contributed by atoms with Gasteiger partial charge < -0.3 is 16.4 Å². The first-order valence-corrected chi connectivity index (χ1v) is 9.93. The van der Waals surface area contributed by atoms with Gasteiger partial charge in [-0.05, 0) is 48.7 Å². The zero-order valence-electron chi connectivity index (χ0n) is 17.1. The minimum atomic E-state index is -4.43. The van der Waals surface area contributed by atoms with Crippen LogP contribution in [0.25, 0.3) is 11.1 Å². The average molecular weight is 433 g/mol. The van der Waals surface area contributed by atoms with Crippen molar-refractivity contribution in [1.82, 2.24) is 9.97 Å². The van der Waals surface area contributed by atoms with Crippen molar-refractivity contribution in [3.05, 3.63) is 60.0 Å². The predicted molar refractivity (Wildman–Crippen MR) is 115 cm³/mol. The molecular formula is C22H23F4N5. The molecule has 1 aliphatic rings. The molecule has 1 fully saturated rings. The lowest BCUT2D eigenvalue weighted by Crippen LogP contribution is -2.08. The maximum atomic E-state index is 14.2. The van der Waals surface area contributed by atoms with Crippen LogP contribution >= 0.6 is 0 Å². The van der Waals surface area contributed by atoms with E-state index in [2.05, 4.69) is 20.6 Å². The summed E-state index contributed by atoms with van der Waals surface area (Å²) in [6.45, 7) is 4.00. The topological polar surface area (TPSA) is 75.9 Å². The Kier molecular flexibility index (Phi) is 6.62. The number of benzene rings is 2. The van der Waals surface area contributed by atoms with Gasteiger partial charge in [0.15, 0.2) is 0 Å². The van der Waals surface area contributed by atoms with Crippen molar-refractivity contribution in [3.8, 4) is 11.1 Å². The van der Waals surface area contributed by atoms with Crippen LogP contribution in [0.15, 0.2) is 48.7 Å². The van der Waals surface area contributed by atoms with Crippen LogP contribution in [0.2, 0.25) is 0 Å². The van der Waals surface area contributed by atoms with Gasteiger partial charge in [0.2, 0.25) is 5.95 Å². The monoisotopic (exact) mass is 433 g/mol. The van der Waals surface area contributed by atoms with Gasteiger partial charge in [0.1, 0.15) is 11.6 Å². The summed E-state index contributed by atoms with van der Waals surface area (Å²) in [5.74, 6) is 0.0789. The average Bonchev–Trinajstić information content (AvgIpc) is 3.56.